The fraction of sp³-hybridized carbons (Fsp3) is 0.533. The molecule has 0 unspecified atom stereocenters. The quantitative estimate of drug-likeness (QED) is 0.800. The summed E-state index contributed by atoms with van der Waals surface area (Å²) >= 11 is 3.02. The lowest BCUT2D eigenvalue weighted by Crippen LogP contribution is -2.24. The molecule has 5 heteroatoms. The van der Waals surface area contributed by atoms with Gasteiger partial charge in [-0.15, -0.1) is 0 Å². The minimum atomic E-state index is -0.754. The van der Waals surface area contributed by atoms with Crippen molar-refractivity contribution in [2.24, 2.45) is 5.92 Å². The van der Waals surface area contributed by atoms with Gasteiger partial charge in [-0.25, -0.2) is 8.78 Å². The molecule has 0 heterocycles. The average molecular weight is 346 g/mol. The Morgan fingerprint density at radius 2 is 1.55 bits per heavy atom. The topological polar surface area (TPSA) is 29.1 Å². The molecular weight excluding hydrogens is 328 g/mol. The summed E-state index contributed by atoms with van der Waals surface area (Å²) in [6.07, 6.45) is 7.07. The number of halogens is 3. The Kier molecular flexibility index (Phi) is 5.52. The Morgan fingerprint density at radius 3 is 2.10 bits per heavy atom. The van der Waals surface area contributed by atoms with E-state index in [0.717, 1.165) is 50.7 Å². The predicted molar refractivity (Wildman–Crippen MR) is 78.5 cm³/mol. The fourth-order valence-corrected chi connectivity index (χ4v) is 3.01. The van der Waals surface area contributed by atoms with Crippen LogP contribution in [-0.2, 0) is 4.79 Å². The fourth-order valence-electron chi connectivity index (χ4n) is 2.61. The van der Waals surface area contributed by atoms with Crippen molar-refractivity contribution in [3.05, 3.63) is 28.2 Å². The van der Waals surface area contributed by atoms with Crippen LogP contribution in [0.2, 0.25) is 0 Å². The number of carbonyl (C=O) groups excluding carboxylic acids is 1. The van der Waals surface area contributed by atoms with Crippen molar-refractivity contribution in [3.63, 3.8) is 0 Å². The predicted octanol–water partition coefficient (Wildman–Crippen LogP) is 5.03. The lowest BCUT2D eigenvalue weighted by molar-refractivity contribution is -0.120. The van der Waals surface area contributed by atoms with Crippen LogP contribution >= 0.6 is 15.9 Å². The maximum atomic E-state index is 13.7. The number of hydrogen-bond acceptors (Lipinski definition) is 1. The summed E-state index contributed by atoms with van der Waals surface area (Å²) in [6.45, 7) is 0. The second-order valence-corrected chi connectivity index (χ2v) is 6.19. The Morgan fingerprint density at radius 1 is 1.05 bits per heavy atom. The maximum absolute atomic E-state index is 13.7. The largest absolute Gasteiger partial charge is 0.321 e. The molecule has 1 aromatic rings. The summed E-state index contributed by atoms with van der Waals surface area (Å²) in [5, 5.41) is 2.41. The molecule has 0 aromatic heterocycles. The molecule has 1 saturated carbocycles. The van der Waals surface area contributed by atoms with Gasteiger partial charge in [-0.05, 0) is 25.0 Å². The first kappa shape index (κ1) is 15.4. The minimum absolute atomic E-state index is 0.141. The van der Waals surface area contributed by atoms with Crippen LogP contribution in [0, 0.1) is 17.6 Å². The normalized spacial score (nSPS) is 17.4. The first-order chi connectivity index (χ1) is 9.58. The highest BCUT2D eigenvalue weighted by atomic mass is 79.9. The van der Waals surface area contributed by atoms with E-state index < -0.39 is 11.6 Å². The molecule has 20 heavy (non-hydrogen) atoms. The zero-order valence-electron chi connectivity index (χ0n) is 11.2. The van der Waals surface area contributed by atoms with Crippen LogP contribution < -0.4 is 5.32 Å². The Balaban J connectivity index is 2.06. The van der Waals surface area contributed by atoms with Gasteiger partial charge in [-0.2, -0.15) is 0 Å². The van der Waals surface area contributed by atoms with Gasteiger partial charge in [0.15, 0.2) is 11.6 Å². The van der Waals surface area contributed by atoms with E-state index in [9.17, 15) is 13.6 Å². The first-order valence-electron chi connectivity index (χ1n) is 7.03. The van der Waals surface area contributed by atoms with Gasteiger partial charge < -0.3 is 5.32 Å². The van der Waals surface area contributed by atoms with Crippen LogP contribution in [0.25, 0.3) is 0 Å². The molecule has 0 spiro atoms. The third-order valence-electron chi connectivity index (χ3n) is 3.73. The van der Waals surface area contributed by atoms with Crippen LogP contribution in [0.4, 0.5) is 14.5 Å². The number of anilines is 1. The van der Waals surface area contributed by atoms with E-state index >= 15 is 0 Å². The van der Waals surface area contributed by atoms with Gasteiger partial charge in [0.2, 0.25) is 5.91 Å². The lowest BCUT2D eigenvalue weighted by atomic mass is 9.90. The summed E-state index contributed by atoms with van der Waals surface area (Å²) < 4.78 is 27.7. The Labute approximate surface area is 126 Å². The van der Waals surface area contributed by atoms with Crippen molar-refractivity contribution in [2.45, 2.75) is 44.9 Å². The summed E-state index contributed by atoms with van der Waals surface area (Å²) in [5.41, 5.74) is -0.347. The van der Waals surface area contributed by atoms with E-state index in [2.05, 4.69) is 21.2 Å². The lowest BCUT2D eigenvalue weighted by Gasteiger charge is -2.19. The van der Waals surface area contributed by atoms with E-state index in [1.807, 2.05) is 0 Å². The molecule has 0 atom stereocenters. The third kappa shape index (κ3) is 4.01. The van der Waals surface area contributed by atoms with Crippen LogP contribution in [0.3, 0.4) is 0 Å². The number of amides is 1. The molecule has 2 rings (SSSR count). The monoisotopic (exact) mass is 345 g/mol. The van der Waals surface area contributed by atoms with Crippen molar-refractivity contribution in [1.29, 1.82) is 0 Å². The van der Waals surface area contributed by atoms with E-state index in [1.54, 1.807) is 0 Å². The van der Waals surface area contributed by atoms with Crippen LogP contribution in [0.1, 0.15) is 44.9 Å². The highest BCUT2D eigenvalue weighted by Crippen LogP contribution is 2.27. The summed E-state index contributed by atoms with van der Waals surface area (Å²) in [5.74, 6) is -1.92. The minimum Gasteiger partial charge on any atom is -0.321 e. The second kappa shape index (κ2) is 7.16. The molecule has 1 fully saturated rings. The van der Waals surface area contributed by atoms with Gasteiger partial charge in [-0.1, -0.05) is 48.0 Å². The standard InChI is InChI=1S/C15H18BrF2NO/c16-11-8-12(17)14(13(18)9-11)19-15(20)10-6-4-2-1-3-5-7-10/h8-10H,1-7H2,(H,19,20). The second-order valence-electron chi connectivity index (χ2n) is 5.28. The molecule has 1 aliphatic rings. The summed E-state index contributed by atoms with van der Waals surface area (Å²) in [6, 6.07) is 2.30. The Hall–Kier alpha value is -0.970. The highest BCUT2D eigenvalue weighted by Gasteiger charge is 2.22. The van der Waals surface area contributed by atoms with Crippen molar-refractivity contribution in [2.75, 3.05) is 5.32 Å². The maximum Gasteiger partial charge on any atom is 0.227 e. The van der Waals surface area contributed by atoms with E-state index in [-0.39, 0.29) is 17.5 Å². The molecule has 1 amide bonds. The van der Waals surface area contributed by atoms with Crippen LogP contribution in [0.15, 0.2) is 16.6 Å². The van der Waals surface area contributed by atoms with Crippen molar-refractivity contribution >= 4 is 27.5 Å². The van der Waals surface area contributed by atoms with E-state index in [4.69, 9.17) is 0 Å². The highest BCUT2D eigenvalue weighted by molar-refractivity contribution is 9.10. The SMILES string of the molecule is O=C(Nc1c(F)cc(Br)cc1F)C1CCCCCCC1. The van der Waals surface area contributed by atoms with Gasteiger partial charge >= 0.3 is 0 Å². The third-order valence-corrected chi connectivity index (χ3v) is 4.19. The van der Waals surface area contributed by atoms with E-state index in [1.165, 1.54) is 6.42 Å². The number of nitrogens with one attached hydrogen (secondary N) is 1. The molecule has 2 nitrogen and oxygen atoms in total. The molecule has 0 radical (unpaired) electrons. The van der Waals surface area contributed by atoms with E-state index in [0.29, 0.717) is 4.47 Å². The molecule has 0 saturated heterocycles. The molecule has 1 N–H and O–H groups in total. The molecule has 0 aliphatic heterocycles. The Bertz CT molecular complexity index is 462. The van der Waals surface area contributed by atoms with Crippen LogP contribution in [-0.4, -0.2) is 5.91 Å². The summed E-state index contributed by atoms with van der Waals surface area (Å²) in [7, 11) is 0. The molecule has 1 aromatic carbocycles. The van der Waals surface area contributed by atoms with Gasteiger partial charge in [0.25, 0.3) is 0 Å². The molecular formula is C15H18BrF2NO. The zero-order valence-corrected chi connectivity index (χ0v) is 12.8. The van der Waals surface area contributed by atoms with Gasteiger partial charge in [-0.3, -0.25) is 4.79 Å². The first-order valence-corrected chi connectivity index (χ1v) is 7.82. The van der Waals surface area contributed by atoms with Gasteiger partial charge in [0.05, 0.1) is 0 Å². The van der Waals surface area contributed by atoms with Crippen molar-refractivity contribution in [3.8, 4) is 0 Å². The smallest absolute Gasteiger partial charge is 0.227 e. The van der Waals surface area contributed by atoms with Crippen LogP contribution in [0.5, 0.6) is 0 Å². The van der Waals surface area contributed by atoms with Crippen molar-refractivity contribution in [1.82, 2.24) is 0 Å². The van der Waals surface area contributed by atoms with Crippen molar-refractivity contribution < 1.29 is 13.6 Å². The number of rotatable bonds is 2. The molecule has 0 bridgehead atoms. The number of benzene rings is 1. The average Bonchev–Trinajstić information content (AvgIpc) is 2.33. The number of hydrogen-bond donors (Lipinski definition) is 1. The van der Waals surface area contributed by atoms with Gasteiger partial charge in [0.1, 0.15) is 5.69 Å². The number of carbonyl (C=O) groups is 1. The molecule has 1 aliphatic carbocycles. The molecule has 110 valence electrons. The van der Waals surface area contributed by atoms with Gasteiger partial charge in [0, 0.05) is 10.4 Å². The zero-order chi connectivity index (χ0) is 14.5. The summed E-state index contributed by atoms with van der Waals surface area (Å²) in [4.78, 5) is 12.2.